The third kappa shape index (κ3) is 2.61. The number of amides is 1. The van der Waals surface area contributed by atoms with Crippen molar-refractivity contribution in [2.75, 3.05) is 13.7 Å². The van der Waals surface area contributed by atoms with Crippen LogP contribution in [-0.4, -0.2) is 31.7 Å². The van der Waals surface area contributed by atoms with E-state index in [1.165, 1.54) is 21.0 Å². The number of esters is 2. The van der Waals surface area contributed by atoms with Gasteiger partial charge in [-0.1, -0.05) is 36.4 Å². The van der Waals surface area contributed by atoms with Crippen LogP contribution >= 0.6 is 0 Å². The fourth-order valence-corrected chi connectivity index (χ4v) is 3.54. The van der Waals surface area contributed by atoms with E-state index in [-0.39, 0.29) is 12.4 Å². The Morgan fingerprint density at radius 2 is 1.89 bits per heavy atom. The van der Waals surface area contributed by atoms with E-state index >= 15 is 0 Å². The molecule has 1 N–H and O–H groups in total. The molecule has 0 fully saturated rings. The summed E-state index contributed by atoms with van der Waals surface area (Å²) in [5.74, 6) is -1.20. The molecular formula is C20H21NO6. The molecule has 1 amide bonds. The summed E-state index contributed by atoms with van der Waals surface area (Å²) in [7, 11) is 1.23. The van der Waals surface area contributed by atoms with Gasteiger partial charge >= 0.3 is 18.0 Å². The third-order valence-electron chi connectivity index (χ3n) is 4.98. The quantitative estimate of drug-likeness (QED) is 0.831. The van der Waals surface area contributed by atoms with Gasteiger partial charge in [-0.25, -0.2) is 9.59 Å². The smallest absolute Gasteiger partial charge is 0.413 e. The minimum Gasteiger partial charge on any atom is -0.469 e. The number of rotatable bonds is 4. The van der Waals surface area contributed by atoms with E-state index in [1.807, 2.05) is 12.1 Å². The molecule has 0 aromatic heterocycles. The van der Waals surface area contributed by atoms with Crippen molar-refractivity contribution in [2.45, 2.75) is 26.3 Å². The van der Waals surface area contributed by atoms with Gasteiger partial charge in [0.1, 0.15) is 11.2 Å². The van der Waals surface area contributed by atoms with Gasteiger partial charge in [0.2, 0.25) is 0 Å². The van der Waals surface area contributed by atoms with Gasteiger partial charge in [0.25, 0.3) is 0 Å². The number of ether oxygens (including phenoxy) is 3. The highest BCUT2D eigenvalue weighted by molar-refractivity contribution is 6.01. The first-order valence-corrected chi connectivity index (χ1v) is 8.57. The topological polar surface area (TPSA) is 90.9 Å². The molecule has 0 aliphatic carbocycles. The zero-order valence-corrected chi connectivity index (χ0v) is 15.6. The van der Waals surface area contributed by atoms with Crippen molar-refractivity contribution >= 4 is 28.8 Å². The fourth-order valence-electron chi connectivity index (χ4n) is 3.54. The van der Waals surface area contributed by atoms with Crippen molar-refractivity contribution in [3.63, 3.8) is 0 Å². The van der Waals surface area contributed by atoms with Gasteiger partial charge in [-0.2, -0.15) is 0 Å². The number of carbonyl (C=O) groups excluding carboxylic acids is 3. The normalized spacial score (nSPS) is 18.9. The van der Waals surface area contributed by atoms with Crippen LogP contribution in [0.3, 0.4) is 0 Å². The van der Waals surface area contributed by atoms with Crippen LogP contribution in [0.2, 0.25) is 0 Å². The van der Waals surface area contributed by atoms with Gasteiger partial charge in [-0.05, 0) is 26.2 Å². The summed E-state index contributed by atoms with van der Waals surface area (Å²) in [6.07, 6.45) is -0.844. The Labute approximate surface area is 156 Å². The van der Waals surface area contributed by atoms with Gasteiger partial charge in [-0.3, -0.25) is 10.1 Å². The van der Waals surface area contributed by atoms with Gasteiger partial charge in [0.15, 0.2) is 5.54 Å². The molecule has 1 atom stereocenters. The molecular weight excluding hydrogens is 350 g/mol. The maximum Gasteiger partial charge on any atom is 0.413 e. The van der Waals surface area contributed by atoms with E-state index in [0.717, 1.165) is 5.39 Å². The average molecular weight is 371 g/mol. The van der Waals surface area contributed by atoms with Crippen LogP contribution in [0.1, 0.15) is 26.3 Å². The van der Waals surface area contributed by atoms with E-state index in [1.54, 1.807) is 31.2 Å². The standard InChI is InChI=1S/C20H21NO6/c1-5-26-17(23)20(19(2,3)16(22)25-4)14-11-10-12-8-6-7-9-13(12)15(14)27-18(24)21-20/h6-11H,5H2,1-4H3,(H,21,24). The molecule has 0 spiro atoms. The molecule has 0 bridgehead atoms. The predicted octanol–water partition coefficient (Wildman–Crippen LogP) is 2.90. The van der Waals surface area contributed by atoms with Crippen molar-refractivity contribution in [3.05, 3.63) is 42.0 Å². The zero-order chi connectivity index (χ0) is 19.8. The molecule has 1 heterocycles. The minimum atomic E-state index is -1.80. The van der Waals surface area contributed by atoms with Crippen LogP contribution in [-0.2, 0) is 24.6 Å². The summed E-state index contributed by atoms with van der Waals surface area (Å²) in [4.78, 5) is 38.2. The molecule has 142 valence electrons. The van der Waals surface area contributed by atoms with Gasteiger partial charge in [0.05, 0.1) is 13.7 Å². The Morgan fingerprint density at radius 3 is 2.56 bits per heavy atom. The molecule has 3 rings (SSSR count). The first-order chi connectivity index (χ1) is 12.8. The summed E-state index contributed by atoms with van der Waals surface area (Å²) in [5.41, 5.74) is -2.93. The second-order valence-electron chi connectivity index (χ2n) is 6.76. The van der Waals surface area contributed by atoms with Crippen molar-refractivity contribution in [1.29, 1.82) is 0 Å². The number of benzene rings is 2. The lowest BCUT2D eigenvalue weighted by Gasteiger charge is -2.45. The van der Waals surface area contributed by atoms with Crippen LogP contribution in [0.15, 0.2) is 36.4 Å². The molecule has 0 radical (unpaired) electrons. The maximum atomic E-state index is 13.1. The number of nitrogens with one attached hydrogen (secondary N) is 1. The summed E-state index contributed by atoms with van der Waals surface area (Å²) < 4.78 is 15.6. The summed E-state index contributed by atoms with van der Waals surface area (Å²) >= 11 is 0. The van der Waals surface area contributed by atoms with Crippen molar-refractivity contribution < 1.29 is 28.6 Å². The summed E-state index contributed by atoms with van der Waals surface area (Å²) in [6.45, 7) is 4.79. The van der Waals surface area contributed by atoms with E-state index in [4.69, 9.17) is 14.2 Å². The maximum absolute atomic E-state index is 13.1. The highest BCUT2D eigenvalue weighted by Gasteiger charge is 2.62. The lowest BCUT2D eigenvalue weighted by Crippen LogP contribution is -2.66. The second kappa shape index (κ2) is 6.57. The first-order valence-electron chi connectivity index (χ1n) is 8.57. The largest absolute Gasteiger partial charge is 0.469 e. The van der Waals surface area contributed by atoms with Crippen LogP contribution in [0.5, 0.6) is 5.75 Å². The molecule has 2 aromatic carbocycles. The van der Waals surface area contributed by atoms with E-state index < -0.39 is 29.0 Å². The molecule has 1 unspecified atom stereocenters. The second-order valence-corrected chi connectivity index (χ2v) is 6.76. The lowest BCUT2D eigenvalue weighted by molar-refractivity contribution is -0.171. The SMILES string of the molecule is CCOC(=O)C1(C(C)(C)C(=O)OC)NC(=O)Oc2c1ccc1ccccc21. The number of fused-ring (bicyclic) bond motifs is 3. The molecule has 7 nitrogen and oxygen atoms in total. The molecule has 2 aromatic rings. The van der Waals surface area contributed by atoms with Gasteiger partial charge < -0.3 is 14.2 Å². The van der Waals surface area contributed by atoms with Crippen molar-refractivity contribution in [3.8, 4) is 5.75 Å². The third-order valence-corrected chi connectivity index (χ3v) is 4.98. The Kier molecular flexibility index (Phi) is 4.55. The highest BCUT2D eigenvalue weighted by atomic mass is 16.6. The van der Waals surface area contributed by atoms with Crippen molar-refractivity contribution in [1.82, 2.24) is 5.32 Å². The van der Waals surface area contributed by atoms with Crippen LogP contribution in [0.25, 0.3) is 10.8 Å². The average Bonchev–Trinajstić information content (AvgIpc) is 2.66. The van der Waals surface area contributed by atoms with E-state index in [0.29, 0.717) is 10.9 Å². The molecule has 0 saturated carbocycles. The van der Waals surface area contributed by atoms with Crippen molar-refractivity contribution in [2.24, 2.45) is 5.41 Å². The lowest BCUT2D eigenvalue weighted by atomic mass is 9.66. The Bertz CT molecular complexity index is 935. The summed E-state index contributed by atoms with van der Waals surface area (Å²) in [5, 5.41) is 4.04. The molecule has 7 heteroatoms. The zero-order valence-electron chi connectivity index (χ0n) is 15.6. The van der Waals surface area contributed by atoms with Gasteiger partial charge in [-0.15, -0.1) is 0 Å². The summed E-state index contributed by atoms with van der Waals surface area (Å²) in [6, 6.07) is 10.8. The molecule has 1 aliphatic heterocycles. The highest BCUT2D eigenvalue weighted by Crippen LogP contribution is 2.49. The van der Waals surface area contributed by atoms with Crippen LogP contribution in [0.4, 0.5) is 4.79 Å². The monoisotopic (exact) mass is 371 g/mol. The Morgan fingerprint density at radius 1 is 1.19 bits per heavy atom. The molecule has 0 saturated heterocycles. The predicted molar refractivity (Wildman–Crippen MR) is 97.2 cm³/mol. The number of hydrogen-bond donors (Lipinski definition) is 1. The first kappa shape index (κ1) is 18.7. The number of hydrogen-bond acceptors (Lipinski definition) is 6. The van der Waals surface area contributed by atoms with E-state index in [9.17, 15) is 14.4 Å². The van der Waals surface area contributed by atoms with E-state index in [2.05, 4.69) is 5.32 Å². The van der Waals surface area contributed by atoms with Crippen LogP contribution < -0.4 is 10.1 Å². The Hall–Kier alpha value is -3.09. The molecule has 1 aliphatic rings. The fraction of sp³-hybridized carbons (Fsp3) is 0.350. The van der Waals surface area contributed by atoms with Crippen LogP contribution in [0, 0.1) is 5.41 Å². The number of carbonyl (C=O) groups is 3. The molecule has 27 heavy (non-hydrogen) atoms. The minimum absolute atomic E-state index is 0.0808. The van der Waals surface area contributed by atoms with Gasteiger partial charge in [0, 0.05) is 10.9 Å². The Balaban J connectivity index is 2.39. The number of methoxy groups -OCH3 is 1.